The summed E-state index contributed by atoms with van der Waals surface area (Å²) >= 11 is 0. The number of rotatable bonds is 5. The highest BCUT2D eigenvalue weighted by Crippen LogP contribution is 2.42. The van der Waals surface area contributed by atoms with Crippen molar-refractivity contribution in [2.75, 3.05) is 18.6 Å². The molecule has 6 nitrogen and oxygen atoms in total. The number of hydrogen-bond donors (Lipinski definition) is 0. The second-order valence-corrected chi connectivity index (χ2v) is 9.97. The fourth-order valence-corrected chi connectivity index (χ4v) is 5.03. The second kappa shape index (κ2) is 11.9. The van der Waals surface area contributed by atoms with Crippen molar-refractivity contribution in [3.63, 3.8) is 0 Å². The maximum absolute atomic E-state index is 13.9. The van der Waals surface area contributed by atoms with Crippen molar-refractivity contribution in [2.45, 2.75) is 57.4 Å². The van der Waals surface area contributed by atoms with Gasteiger partial charge in [0.25, 0.3) is 0 Å². The number of pyridine rings is 2. The second-order valence-electron chi connectivity index (χ2n) is 9.97. The van der Waals surface area contributed by atoms with Crippen LogP contribution < -0.4 is 4.90 Å². The molecule has 0 saturated carbocycles. The number of halogens is 9. The summed E-state index contributed by atoms with van der Waals surface area (Å²) in [5.41, 5.74) is -4.35. The van der Waals surface area contributed by atoms with Gasteiger partial charge in [-0.3, -0.25) is 14.9 Å². The van der Waals surface area contributed by atoms with Crippen LogP contribution in [0.5, 0.6) is 0 Å². The molecule has 15 heteroatoms. The highest BCUT2D eigenvalue weighted by molar-refractivity contribution is 5.69. The van der Waals surface area contributed by atoms with Gasteiger partial charge < -0.3 is 9.64 Å². The molecule has 0 radical (unpaired) electrons. The number of anilines is 1. The van der Waals surface area contributed by atoms with Crippen LogP contribution in [0.2, 0.25) is 0 Å². The minimum absolute atomic E-state index is 0.00507. The smallest absolute Gasteiger partial charge is 0.418 e. The molecule has 0 aliphatic carbocycles. The monoisotopic (exact) mass is 620 g/mol. The molecule has 43 heavy (non-hydrogen) atoms. The van der Waals surface area contributed by atoms with Crippen LogP contribution in [-0.4, -0.2) is 34.6 Å². The summed E-state index contributed by atoms with van der Waals surface area (Å²) < 4.78 is 128. The lowest BCUT2D eigenvalue weighted by molar-refractivity contribution is -0.143. The predicted molar refractivity (Wildman–Crippen MR) is 136 cm³/mol. The average Bonchev–Trinajstić information content (AvgIpc) is 3.08. The van der Waals surface area contributed by atoms with Crippen LogP contribution in [0.1, 0.15) is 58.1 Å². The molecular formula is C28H25F9N4O2. The van der Waals surface area contributed by atoms with Crippen LogP contribution in [0.15, 0.2) is 48.8 Å². The molecule has 3 aromatic rings. The third-order valence-electron chi connectivity index (χ3n) is 7.00. The average molecular weight is 621 g/mol. The van der Waals surface area contributed by atoms with Gasteiger partial charge in [-0.15, -0.1) is 0 Å². The third-order valence-corrected chi connectivity index (χ3v) is 7.00. The molecule has 0 N–H and O–H groups in total. The summed E-state index contributed by atoms with van der Waals surface area (Å²) in [4.78, 5) is 23.7. The van der Waals surface area contributed by atoms with E-state index in [4.69, 9.17) is 4.74 Å². The number of aryl methyl sites for hydroxylation is 1. The van der Waals surface area contributed by atoms with Gasteiger partial charge >= 0.3 is 24.6 Å². The van der Waals surface area contributed by atoms with Gasteiger partial charge in [-0.05, 0) is 67.3 Å². The zero-order valence-electron chi connectivity index (χ0n) is 22.7. The van der Waals surface area contributed by atoms with Crippen LogP contribution in [0.25, 0.3) is 0 Å². The quantitative estimate of drug-likeness (QED) is 0.271. The first-order valence-electron chi connectivity index (χ1n) is 12.8. The third kappa shape index (κ3) is 7.31. The van der Waals surface area contributed by atoms with Crippen LogP contribution in [0, 0.1) is 6.92 Å². The molecule has 2 aromatic heterocycles. The van der Waals surface area contributed by atoms with E-state index in [2.05, 4.69) is 9.97 Å². The van der Waals surface area contributed by atoms with Crippen LogP contribution in [-0.2, 0) is 36.4 Å². The first-order chi connectivity index (χ1) is 20.0. The van der Waals surface area contributed by atoms with Gasteiger partial charge in [-0.25, -0.2) is 4.79 Å². The van der Waals surface area contributed by atoms with Crippen molar-refractivity contribution in [3.05, 3.63) is 88.0 Å². The molecule has 1 aliphatic rings. The molecule has 1 atom stereocenters. The summed E-state index contributed by atoms with van der Waals surface area (Å²) in [6, 6.07) is 4.04. The molecule has 0 fully saturated rings. The van der Waals surface area contributed by atoms with E-state index in [1.54, 1.807) is 17.0 Å². The van der Waals surface area contributed by atoms with E-state index in [1.165, 1.54) is 12.4 Å². The lowest BCUT2D eigenvalue weighted by Crippen LogP contribution is -2.35. The van der Waals surface area contributed by atoms with Gasteiger partial charge in [-0.1, -0.05) is 0 Å². The first-order valence-corrected chi connectivity index (χ1v) is 12.8. The number of benzene rings is 1. The minimum atomic E-state index is -5.12. The Balaban J connectivity index is 1.85. The normalized spacial score (nSPS) is 16.0. The summed E-state index contributed by atoms with van der Waals surface area (Å²) in [6.45, 7) is 0.717. The largest absolute Gasteiger partial charge is 0.453 e. The standard InChI is InChI=1S/C28H25F9N4O2/c1-16-21(28(35,36)37)13-23-24(39-16)22(4-3-9-40(23)14-17-5-7-38-8-6-17)41(25(42)43-2)15-18-10-19(26(29,30)31)12-20(11-18)27(32,33)34/h5-8,10-13,22H,3-4,9,14-15H2,1-2H3. The topological polar surface area (TPSA) is 58.6 Å². The number of nitrogens with zero attached hydrogens (tertiary/aromatic N) is 4. The predicted octanol–water partition coefficient (Wildman–Crippen LogP) is 7.95. The number of aromatic nitrogens is 2. The molecule has 1 amide bonds. The van der Waals surface area contributed by atoms with Crippen molar-refractivity contribution in [1.29, 1.82) is 0 Å². The fourth-order valence-electron chi connectivity index (χ4n) is 5.03. The Bertz CT molecular complexity index is 1430. The Morgan fingerprint density at radius 2 is 1.53 bits per heavy atom. The van der Waals surface area contributed by atoms with E-state index < -0.39 is 65.2 Å². The van der Waals surface area contributed by atoms with Gasteiger partial charge in [0.15, 0.2) is 0 Å². The van der Waals surface area contributed by atoms with E-state index in [9.17, 15) is 44.3 Å². The highest BCUT2D eigenvalue weighted by Gasteiger charge is 2.40. The minimum Gasteiger partial charge on any atom is -0.453 e. The zero-order chi connectivity index (χ0) is 31.7. The molecule has 0 bridgehead atoms. The SMILES string of the molecule is COC(=O)N(Cc1cc(C(F)(F)F)cc(C(F)(F)F)c1)C1CCCN(Cc2ccncc2)c2cc(C(F)(F)F)c(C)nc21. The van der Waals surface area contributed by atoms with E-state index in [1.807, 2.05) is 0 Å². The number of ether oxygens (including phenoxy) is 1. The molecular weight excluding hydrogens is 595 g/mol. The number of fused-ring (bicyclic) bond motifs is 1. The summed E-state index contributed by atoms with van der Waals surface area (Å²) in [7, 11) is 0.974. The van der Waals surface area contributed by atoms with Crippen LogP contribution >= 0.6 is 0 Å². The Morgan fingerprint density at radius 3 is 2.07 bits per heavy atom. The Morgan fingerprint density at radius 1 is 0.930 bits per heavy atom. The zero-order valence-corrected chi connectivity index (χ0v) is 22.7. The van der Waals surface area contributed by atoms with Gasteiger partial charge in [0.05, 0.1) is 46.9 Å². The maximum atomic E-state index is 13.9. The Kier molecular flexibility index (Phi) is 8.84. The van der Waals surface area contributed by atoms with Gasteiger partial charge in [-0.2, -0.15) is 39.5 Å². The van der Waals surface area contributed by atoms with Gasteiger partial charge in [0, 0.05) is 32.0 Å². The molecule has 1 aromatic carbocycles. The van der Waals surface area contributed by atoms with Crippen molar-refractivity contribution in [3.8, 4) is 0 Å². The van der Waals surface area contributed by atoms with Crippen LogP contribution in [0.4, 0.5) is 50.0 Å². The highest BCUT2D eigenvalue weighted by atomic mass is 19.4. The van der Waals surface area contributed by atoms with E-state index >= 15 is 0 Å². The summed E-state index contributed by atoms with van der Waals surface area (Å²) in [6.07, 6.45) is -12.7. The van der Waals surface area contributed by atoms with E-state index in [0.717, 1.165) is 25.0 Å². The van der Waals surface area contributed by atoms with Gasteiger partial charge in [0.1, 0.15) is 0 Å². The molecule has 1 aliphatic heterocycles. The Labute approximate surface area is 240 Å². The van der Waals surface area contributed by atoms with Crippen molar-refractivity contribution < 1.29 is 49.0 Å². The number of alkyl halides is 9. The number of methoxy groups -OCH3 is 1. The molecule has 232 valence electrons. The number of amides is 1. The lowest BCUT2D eigenvalue weighted by atomic mass is 10.0. The summed E-state index contributed by atoms with van der Waals surface area (Å²) in [5, 5.41) is 0. The number of carbonyl (C=O) groups is 1. The van der Waals surface area contributed by atoms with Gasteiger partial charge in [0.2, 0.25) is 0 Å². The van der Waals surface area contributed by atoms with E-state index in [0.29, 0.717) is 17.7 Å². The molecule has 0 spiro atoms. The maximum Gasteiger partial charge on any atom is 0.418 e. The van der Waals surface area contributed by atoms with Crippen molar-refractivity contribution in [1.82, 2.24) is 14.9 Å². The fraction of sp³-hybridized carbons (Fsp3) is 0.393. The molecule has 4 rings (SSSR count). The van der Waals surface area contributed by atoms with E-state index in [-0.39, 0.29) is 43.4 Å². The summed E-state index contributed by atoms with van der Waals surface area (Å²) in [5.74, 6) is 0. The number of hydrogen-bond acceptors (Lipinski definition) is 5. The van der Waals surface area contributed by atoms with Crippen molar-refractivity contribution in [2.24, 2.45) is 0 Å². The van der Waals surface area contributed by atoms with Crippen molar-refractivity contribution >= 4 is 11.8 Å². The molecule has 0 saturated heterocycles. The lowest BCUT2D eigenvalue weighted by Gasteiger charge is -2.32. The van der Waals surface area contributed by atoms with Crippen LogP contribution in [0.3, 0.4) is 0 Å². The first kappa shape index (κ1) is 31.9. The molecule has 1 unspecified atom stereocenters. The Hall–Kier alpha value is -4.04. The number of carbonyl (C=O) groups excluding carboxylic acids is 1. The molecule has 3 heterocycles.